The van der Waals surface area contributed by atoms with E-state index in [9.17, 15) is 4.79 Å². The Morgan fingerprint density at radius 1 is 1.07 bits per heavy atom. The highest BCUT2D eigenvalue weighted by Crippen LogP contribution is 2.60. The normalized spacial score (nSPS) is 30.9. The van der Waals surface area contributed by atoms with Crippen LogP contribution in [-0.4, -0.2) is 18.6 Å². The second-order valence-corrected chi connectivity index (χ2v) is 8.60. The molecule has 4 atom stereocenters. The highest BCUT2D eigenvalue weighted by molar-refractivity contribution is 5.98. The monoisotopic (exact) mass is 361 g/mol. The Bertz CT molecular complexity index is 862. The quantitative estimate of drug-likeness (QED) is 0.826. The number of ether oxygens (including phenoxy) is 1. The van der Waals surface area contributed by atoms with Crippen LogP contribution < -0.4 is 10.1 Å². The van der Waals surface area contributed by atoms with Crippen LogP contribution in [0.15, 0.2) is 48.5 Å². The van der Waals surface area contributed by atoms with Crippen molar-refractivity contribution < 1.29 is 9.53 Å². The molecule has 3 nitrogen and oxygen atoms in total. The van der Waals surface area contributed by atoms with Gasteiger partial charge < -0.3 is 10.1 Å². The van der Waals surface area contributed by atoms with Crippen LogP contribution in [0.25, 0.3) is 11.1 Å². The fraction of sp³-hybridized carbons (Fsp3) is 0.458. The molecule has 1 N–H and O–H groups in total. The van der Waals surface area contributed by atoms with Crippen LogP contribution in [0.2, 0.25) is 0 Å². The third-order valence-corrected chi connectivity index (χ3v) is 7.39. The Morgan fingerprint density at radius 3 is 2.74 bits per heavy atom. The fourth-order valence-corrected chi connectivity index (χ4v) is 6.24. The molecule has 2 bridgehead atoms. The largest absolute Gasteiger partial charge is 0.496 e. The smallest absolute Gasteiger partial charge is 0.255 e. The molecule has 140 valence electrons. The molecule has 2 aromatic carbocycles. The molecule has 0 saturated heterocycles. The first-order chi connectivity index (χ1) is 13.2. The summed E-state index contributed by atoms with van der Waals surface area (Å²) in [4.78, 5) is 13.2. The van der Waals surface area contributed by atoms with Gasteiger partial charge in [-0.15, -0.1) is 0 Å². The van der Waals surface area contributed by atoms with Crippen LogP contribution in [0.5, 0.6) is 5.75 Å². The lowest BCUT2D eigenvalue weighted by molar-refractivity contribution is 0.0850. The van der Waals surface area contributed by atoms with E-state index in [1.807, 2.05) is 36.4 Å². The summed E-state index contributed by atoms with van der Waals surface area (Å²) in [6.45, 7) is 0. The number of methoxy groups -OCH3 is 1. The Hall–Kier alpha value is -2.29. The van der Waals surface area contributed by atoms with Gasteiger partial charge in [-0.1, -0.05) is 42.8 Å². The van der Waals surface area contributed by atoms with Gasteiger partial charge >= 0.3 is 0 Å². The highest BCUT2D eigenvalue weighted by atomic mass is 16.5. The molecular weight excluding hydrogens is 334 g/mol. The van der Waals surface area contributed by atoms with E-state index in [1.165, 1.54) is 32.1 Å². The van der Waals surface area contributed by atoms with Gasteiger partial charge in [0.1, 0.15) is 5.75 Å². The van der Waals surface area contributed by atoms with E-state index in [-0.39, 0.29) is 11.4 Å². The lowest BCUT2D eigenvalue weighted by Gasteiger charge is -2.37. The third kappa shape index (κ3) is 2.67. The van der Waals surface area contributed by atoms with Gasteiger partial charge in [-0.25, -0.2) is 0 Å². The summed E-state index contributed by atoms with van der Waals surface area (Å²) in [5.74, 6) is 3.05. The van der Waals surface area contributed by atoms with Crippen LogP contribution in [-0.2, 0) is 0 Å². The molecule has 0 aliphatic heterocycles. The van der Waals surface area contributed by atoms with E-state index in [1.54, 1.807) is 7.11 Å². The van der Waals surface area contributed by atoms with Gasteiger partial charge in [0.2, 0.25) is 0 Å². The van der Waals surface area contributed by atoms with Gasteiger partial charge in [-0.05, 0) is 73.1 Å². The van der Waals surface area contributed by atoms with Crippen LogP contribution in [0, 0.1) is 17.8 Å². The van der Waals surface area contributed by atoms with E-state index in [0.717, 1.165) is 29.4 Å². The molecule has 2 aromatic rings. The summed E-state index contributed by atoms with van der Waals surface area (Å²) in [5, 5.41) is 3.49. The zero-order chi connectivity index (χ0) is 18.4. The van der Waals surface area contributed by atoms with Crippen LogP contribution in [0.4, 0.5) is 0 Å². The van der Waals surface area contributed by atoms with Gasteiger partial charge in [-0.3, -0.25) is 4.79 Å². The molecule has 27 heavy (non-hydrogen) atoms. The summed E-state index contributed by atoms with van der Waals surface area (Å²) in [7, 11) is 1.65. The molecule has 5 rings (SSSR count). The van der Waals surface area contributed by atoms with Gasteiger partial charge in [0.15, 0.2) is 0 Å². The minimum absolute atomic E-state index is 0.0275. The van der Waals surface area contributed by atoms with E-state index in [2.05, 4.69) is 17.4 Å². The molecule has 3 aliphatic carbocycles. The molecule has 0 spiro atoms. The number of nitrogens with one attached hydrogen (secondary N) is 1. The minimum Gasteiger partial charge on any atom is -0.496 e. The van der Waals surface area contributed by atoms with Crippen molar-refractivity contribution in [1.82, 2.24) is 5.32 Å². The van der Waals surface area contributed by atoms with Gasteiger partial charge in [0.05, 0.1) is 12.7 Å². The molecule has 3 aliphatic rings. The zero-order valence-corrected chi connectivity index (χ0v) is 15.9. The highest BCUT2D eigenvalue weighted by Gasteiger charge is 2.59. The van der Waals surface area contributed by atoms with Crippen molar-refractivity contribution in [2.75, 3.05) is 7.11 Å². The third-order valence-electron chi connectivity index (χ3n) is 7.39. The molecular formula is C24H27NO2. The molecule has 0 aromatic heterocycles. The Balaban J connectivity index is 1.42. The van der Waals surface area contributed by atoms with E-state index < -0.39 is 0 Å². The van der Waals surface area contributed by atoms with Crippen molar-refractivity contribution in [2.24, 2.45) is 17.8 Å². The first-order valence-corrected chi connectivity index (χ1v) is 10.3. The summed E-state index contributed by atoms with van der Waals surface area (Å²) >= 11 is 0. The lowest BCUT2D eigenvalue weighted by Crippen LogP contribution is -2.50. The number of carbonyl (C=O) groups excluding carboxylic acids is 1. The molecule has 3 fully saturated rings. The molecule has 3 saturated carbocycles. The van der Waals surface area contributed by atoms with E-state index in [4.69, 9.17) is 4.74 Å². The van der Waals surface area contributed by atoms with Crippen LogP contribution in [0.3, 0.4) is 0 Å². The number of benzene rings is 2. The van der Waals surface area contributed by atoms with Crippen molar-refractivity contribution in [3.05, 3.63) is 54.1 Å². The fourth-order valence-electron chi connectivity index (χ4n) is 6.24. The topological polar surface area (TPSA) is 38.3 Å². The number of hydrogen-bond acceptors (Lipinski definition) is 2. The van der Waals surface area contributed by atoms with Gasteiger partial charge in [0, 0.05) is 5.54 Å². The van der Waals surface area contributed by atoms with Crippen LogP contribution >= 0.6 is 0 Å². The molecule has 3 heteroatoms. The van der Waals surface area contributed by atoms with Crippen molar-refractivity contribution >= 4 is 5.91 Å². The molecule has 1 amide bonds. The number of hydrogen-bond donors (Lipinski definition) is 1. The molecule has 0 heterocycles. The maximum absolute atomic E-state index is 13.2. The summed E-state index contributed by atoms with van der Waals surface area (Å²) in [6.07, 6.45) is 7.59. The van der Waals surface area contributed by atoms with Gasteiger partial charge in [-0.2, -0.15) is 0 Å². The van der Waals surface area contributed by atoms with Crippen molar-refractivity contribution in [3.8, 4) is 16.9 Å². The summed E-state index contributed by atoms with van der Waals surface area (Å²) in [5.41, 5.74) is 2.88. The number of carbonyl (C=O) groups is 1. The van der Waals surface area contributed by atoms with Crippen molar-refractivity contribution in [3.63, 3.8) is 0 Å². The maximum Gasteiger partial charge on any atom is 0.255 e. The van der Waals surface area contributed by atoms with E-state index in [0.29, 0.717) is 17.2 Å². The first kappa shape index (κ1) is 16.9. The maximum atomic E-state index is 13.2. The Kier molecular flexibility index (Phi) is 3.99. The van der Waals surface area contributed by atoms with E-state index >= 15 is 0 Å². The average Bonchev–Trinajstić information content (AvgIpc) is 3.41. The Morgan fingerprint density at radius 2 is 1.93 bits per heavy atom. The summed E-state index contributed by atoms with van der Waals surface area (Å²) < 4.78 is 5.60. The Labute approximate surface area is 161 Å². The second-order valence-electron chi connectivity index (χ2n) is 8.60. The second kappa shape index (κ2) is 6.40. The van der Waals surface area contributed by atoms with Crippen LogP contribution in [0.1, 0.15) is 48.9 Å². The number of amides is 1. The molecule has 0 radical (unpaired) electrons. The lowest BCUT2D eigenvalue weighted by atomic mass is 9.77. The van der Waals surface area contributed by atoms with Crippen molar-refractivity contribution in [1.29, 1.82) is 0 Å². The predicted molar refractivity (Wildman–Crippen MR) is 107 cm³/mol. The molecule has 4 unspecified atom stereocenters. The average molecular weight is 361 g/mol. The summed E-state index contributed by atoms with van der Waals surface area (Å²) in [6, 6.07) is 16.1. The predicted octanol–water partition coefficient (Wildman–Crippen LogP) is 5.06. The standard InChI is InChI=1S/C24H27NO2/c1-27-22-14-17(16-6-3-2-4-7-16)10-11-20(22)23(26)25-24-13-12-18(15-24)19-8-5-9-21(19)24/h2-4,6-7,10-11,14,18-19,21H,5,8-9,12-13,15H2,1H3,(H,25,26). The number of rotatable bonds is 4. The first-order valence-electron chi connectivity index (χ1n) is 10.3. The number of fused-ring (bicyclic) bond motifs is 5. The zero-order valence-electron chi connectivity index (χ0n) is 15.9. The van der Waals surface area contributed by atoms with Crippen molar-refractivity contribution in [2.45, 2.75) is 44.1 Å². The SMILES string of the molecule is COc1cc(-c2ccccc2)ccc1C(=O)NC12CCC(C1)C1CCCC12. The minimum atomic E-state index is 0.0275. The van der Waals surface area contributed by atoms with Gasteiger partial charge in [0.25, 0.3) is 5.91 Å².